The highest BCUT2D eigenvalue weighted by Crippen LogP contribution is 2.21. The lowest BCUT2D eigenvalue weighted by Crippen LogP contribution is -2.41. The number of amides is 1. The van der Waals surface area contributed by atoms with Gasteiger partial charge in [0.05, 0.1) is 13.2 Å². The summed E-state index contributed by atoms with van der Waals surface area (Å²) in [5, 5.41) is 12.2. The minimum atomic E-state index is -0.694. The van der Waals surface area contributed by atoms with E-state index in [0.29, 0.717) is 12.5 Å². The van der Waals surface area contributed by atoms with Gasteiger partial charge in [0.1, 0.15) is 5.75 Å². The zero-order valence-corrected chi connectivity index (χ0v) is 14.8. The van der Waals surface area contributed by atoms with Crippen LogP contribution in [0.5, 0.6) is 5.75 Å². The summed E-state index contributed by atoms with van der Waals surface area (Å²) in [6.45, 7) is 10.3. The maximum absolute atomic E-state index is 11.8. The fourth-order valence-corrected chi connectivity index (χ4v) is 1.81. The molecule has 1 amide bonds. The lowest BCUT2D eigenvalue weighted by atomic mass is 10.1. The van der Waals surface area contributed by atoms with E-state index < -0.39 is 12.2 Å². The molecule has 0 aliphatic rings. The molecule has 0 spiro atoms. The van der Waals surface area contributed by atoms with Gasteiger partial charge in [-0.2, -0.15) is 0 Å². The second-order valence-electron chi connectivity index (χ2n) is 6.84. The van der Waals surface area contributed by atoms with Gasteiger partial charge in [0.25, 0.3) is 0 Å². The Labute approximate surface area is 139 Å². The first-order chi connectivity index (χ1) is 10.7. The van der Waals surface area contributed by atoms with E-state index in [1.165, 1.54) is 0 Å². The van der Waals surface area contributed by atoms with Crippen molar-refractivity contribution in [3.05, 3.63) is 29.8 Å². The number of carbonyl (C=O) groups excluding carboxylic acids is 1. The highest BCUT2D eigenvalue weighted by atomic mass is 16.6. The van der Waals surface area contributed by atoms with Crippen LogP contribution in [0.1, 0.15) is 52.7 Å². The molecule has 0 heterocycles. The highest BCUT2D eigenvalue weighted by Gasteiger charge is 2.20. The van der Waals surface area contributed by atoms with Crippen LogP contribution in [0.3, 0.4) is 0 Å². The van der Waals surface area contributed by atoms with Gasteiger partial charge in [-0.25, -0.2) is 4.79 Å². The monoisotopic (exact) mass is 323 g/mol. The number of nitrogens with one attached hydrogen (secondary N) is 1. The summed E-state index contributed by atoms with van der Waals surface area (Å²) in [6.07, 6.45) is -0.170. The first-order valence-corrected chi connectivity index (χ1v) is 8.07. The number of aliphatic hydroxyl groups is 1. The van der Waals surface area contributed by atoms with Crippen molar-refractivity contribution in [3.63, 3.8) is 0 Å². The molecule has 5 nitrogen and oxygen atoms in total. The molecule has 1 aromatic carbocycles. The van der Waals surface area contributed by atoms with Crippen molar-refractivity contribution in [2.24, 2.45) is 5.92 Å². The van der Waals surface area contributed by atoms with Crippen LogP contribution in [-0.2, 0) is 4.74 Å². The fraction of sp³-hybridized carbons (Fsp3) is 0.611. The summed E-state index contributed by atoms with van der Waals surface area (Å²) < 4.78 is 11.0. The van der Waals surface area contributed by atoms with Crippen molar-refractivity contribution in [2.75, 3.05) is 13.2 Å². The predicted molar refractivity (Wildman–Crippen MR) is 90.6 cm³/mol. The van der Waals surface area contributed by atoms with Crippen LogP contribution in [0, 0.1) is 5.92 Å². The molecular formula is C18H29NO4. The first kappa shape index (κ1) is 19.3. The van der Waals surface area contributed by atoms with Crippen LogP contribution < -0.4 is 10.1 Å². The number of benzene rings is 1. The Morgan fingerprint density at radius 3 is 2.35 bits per heavy atom. The Morgan fingerprint density at radius 1 is 1.26 bits per heavy atom. The maximum Gasteiger partial charge on any atom is 0.408 e. The molecule has 2 N–H and O–H groups in total. The molecule has 0 radical (unpaired) electrons. The number of aliphatic hydroxyl groups excluding tert-OH is 1. The number of hydrogen-bond donors (Lipinski definition) is 2. The summed E-state index contributed by atoms with van der Waals surface area (Å²) in [6, 6.07) is 7.26. The van der Waals surface area contributed by atoms with Crippen molar-refractivity contribution >= 4 is 6.09 Å². The summed E-state index contributed by atoms with van der Waals surface area (Å²) in [5.74, 6) is 1.27. The fourth-order valence-electron chi connectivity index (χ4n) is 1.81. The Morgan fingerprint density at radius 2 is 1.87 bits per heavy atom. The number of carbonyl (C=O) groups is 1. The van der Waals surface area contributed by atoms with Crippen molar-refractivity contribution in [1.82, 2.24) is 5.32 Å². The van der Waals surface area contributed by atoms with Crippen molar-refractivity contribution in [2.45, 2.75) is 52.7 Å². The van der Waals surface area contributed by atoms with Crippen molar-refractivity contribution in [1.29, 1.82) is 0 Å². The molecule has 0 unspecified atom stereocenters. The molecule has 5 heteroatoms. The summed E-state index contributed by atoms with van der Waals surface area (Å²) in [7, 11) is 0. The van der Waals surface area contributed by atoms with Gasteiger partial charge in [-0.05, 0) is 44.4 Å². The normalized spacial score (nSPS) is 14.0. The quantitative estimate of drug-likeness (QED) is 0.803. The van der Waals surface area contributed by atoms with Crippen LogP contribution in [0.25, 0.3) is 0 Å². The first-order valence-electron chi connectivity index (χ1n) is 8.07. The molecule has 0 fully saturated rings. The number of alkyl carbamates (subject to hydrolysis) is 1. The van der Waals surface area contributed by atoms with Gasteiger partial charge >= 0.3 is 6.09 Å². The van der Waals surface area contributed by atoms with Gasteiger partial charge in [-0.1, -0.05) is 32.4 Å². The molecule has 2 atom stereocenters. The average molecular weight is 323 g/mol. The van der Waals surface area contributed by atoms with E-state index in [-0.39, 0.29) is 12.1 Å². The van der Waals surface area contributed by atoms with Gasteiger partial charge in [0.2, 0.25) is 0 Å². The van der Waals surface area contributed by atoms with Gasteiger partial charge in [-0.3, -0.25) is 0 Å². The molecule has 1 aromatic rings. The standard InChI is InChI=1S/C18H29NO4/c1-6-13(2)12-22-15-9-7-14(8-10-15)16(11-20)23-17(21)19-18(3,4)5/h7-10,13,16,20H,6,11-12H2,1-5H3,(H,19,21)/t13-,16-/m0/s1. The largest absolute Gasteiger partial charge is 0.493 e. The number of rotatable bonds is 7. The van der Waals surface area contributed by atoms with E-state index in [0.717, 1.165) is 17.7 Å². The van der Waals surface area contributed by atoms with Crippen LogP contribution in [0.15, 0.2) is 24.3 Å². The van der Waals surface area contributed by atoms with Crippen LogP contribution >= 0.6 is 0 Å². The SMILES string of the molecule is CC[C@H](C)COc1ccc([C@H](CO)OC(=O)NC(C)(C)C)cc1. The number of ether oxygens (including phenoxy) is 2. The van der Waals surface area contributed by atoms with E-state index in [9.17, 15) is 9.90 Å². The lowest BCUT2D eigenvalue weighted by molar-refractivity contribution is 0.0529. The van der Waals surface area contributed by atoms with E-state index in [1.807, 2.05) is 32.9 Å². The molecule has 23 heavy (non-hydrogen) atoms. The minimum Gasteiger partial charge on any atom is -0.493 e. The highest BCUT2D eigenvalue weighted by molar-refractivity contribution is 5.68. The molecule has 0 saturated heterocycles. The van der Waals surface area contributed by atoms with Crippen LogP contribution in [0.4, 0.5) is 4.79 Å². The Bertz CT molecular complexity index is 479. The van der Waals surface area contributed by atoms with E-state index in [4.69, 9.17) is 9.47 Å². The summed E-state index contributed by atoms with van der Waals surface area (Å²) in [5.41, 5.74) is 0.345. The van der Waals surface area contributed by atoms with Gasteiger partial charge in [0, 0.05) is 5.54 Å². The van der Waals surface area contributed by atoms with Gasteiger partial charge in [0.15, 0.2) is 6.10 Å². The second kappa shape index (κ2) is 8.77. The molecular weight excluding hydrogens is 294 g/mol. The zero-order chi connectivity index (χ0) is 17.5. The molecule has 0 bridgehead atoms. The molecule has 0 aliphatic carbocycles. The van der Waals surface area contributed by atoms with Crippen molar-refractivity contribution in [3.8, 4) is 5.75 Å². The third kappa shape index (κ3) is 7.37. The average Bonchev–Trinajstić information content (AvgIpc) is 2.49. The topological polar surface area (TPSA) is 67.8 Å². The third-order valence-corrected chi connectivity index (χ3v) is 3.38. The van der Waals surface area contributed by atoms with E-state index in [1.54, 1.807) is 12.1 Å². The molecule has 0 aromatic heterocycles. The summed E-state index contributed by atoms with van der Waals surface area (Å²) >= 11 is 0. The van der Waals surface area contributed by atoms with E-state index in [2.05, 4.69) is 19.2 Å². The van der Waals surface area contributed by atoms with Gasteiger partial charge < -0.3 is 19.9 Å². The smallest absolute Gasteiger partial charge is 0.408 e. The second-order valence-corrected chi connectivity index (χ2v) is 6.84. The van der Waals surface area contributed by atoms with Crippen LogP contribution in [-0.4, -0.2) is 30.0 Å². The third-order valence-electron chi connectivity index (χ3n) is 3.38. The zero-order valence-electron chi connectivity index (χ0n) is 14.8. The van der Waals surface area contributed by atoms with Gasteiger partial charge in [-0.15, -0.1) is 0 Å². The predicted octanol–water partition coefficient (Wildman–Crippen LogP) is 3.67. The molecule has 1 rings (SSSR count). The van der Waals surface area contributed by atoms with Crippen molar-refractivity contribution < 1.29 is 19.4 Å². The summed E-state index contributed by atoms with van der Waals surface area (Å²) in [4.78, 5) is 11.8. The Balaban J connectivity index is 2.63. The van der Waals surface area contributed by atoms with E-state index >= 15 is 0 Å². The Hall–Kier alpha value is -1.75. The maximum atomic E-state index is 11.8. The molecule has 130 valence electrons. The lowest BCUT2D eigenvalue weighted by Gasteiger charge is -2.23. The minimum absolute atomic E-state index is 0.273. The molecule has 0 saturated carbocycles. The molecule has 0 aliphatic heterocycles. The Kier molecular flexibility index (Phi) is 7.36. The van der Waals surface area contributed by atoms with Crippen LogP contribution in [0.2, 0.25) is 0 Å². The number of hydrogen-bond acceptors (Lipinski definition) is 4.